The van der Waals surface area contributed by atoms with Gasteiger partial charge in [-0.15, -0.1) is 0 Å². The number of amides is 1. The summed E-state index contributed by atoms with van der Waals surface area (Å²) in [6, 6.07) is 15.6. The van der Waals surface area contributed by atoms with Crippen molar-refractivity contribution < 1.29 is 22.4 Å². The van der Waals surface area contributed by atoms with Gasteiger partial charge >= 0.3 is 6.18 Å². The van der Waals surface area contributed by atoms with Gasteiger partial charge in [0.2, 0.25) is 5.96 Å². The van der Waals surface area contributed by atoms with Gasteiger partial charge in [-0.1, -0.05) is 41.9 Å². The van der Waals surface area contributed by atoms with Crippen molar-refractivity contribution in [2.75, 3.05) is 5.32 Å². The van der Waals surface area contributed by atoms with Crippen LogP contribution in [-0.4, -0.2) is 18.0 Å². The summed E-state index contributed by atoms with van der Waals surface area (Å²) in [6.07, 6.45) is -5.58. The number of alkyl halides is 3. The van der Waals surface area contributed by atoms with Crippen molar-refractivity contribution in [1.29, 1.82) is 0 Å². The lowest BCUT2D eigenvalue weighted by molar-refractivity contribution is -0.137. The fraction of sp³-hybridized carbons (Fsp3) is 0.167. The van der Waals surface area contributed by atoms with Gasteiger partial charge in [0.25, 0.3) is 5.91 Å². The predicted molar refractivity (Wildman–Crippen MR) is 127 cm³/mol. The second-order valence-electron chi connectivity index (χ2n) is 7.61. The van der Waals surface area contributed by atoms with Crippen molar-refractivity contribution in [3.8, 4) is 0 Å². The number of guanidine groups is 1. The highest BCUT2D eigenvalue weighted by atomic mass is 35.5. The van der Waals surface area contributed by atoms with E-state index in [4.69, 9.17) is 23.1 Å². The Morgan fingerprint density at radius 1 is 1.00 bits per heavy atom. The maximum Gasteiger partial charge on any atom is 0.416 e. The number of aliphatic imine (C=N–C) groups is 1. The molecule has 0 radical (unpaired) electrons. The average Bonchev–Trinajstić information content (AvgIpc) is 2.78. The number of carbonyl (C=O) groups is 1. The van der Waals surface area contributed by atoms with Crippen LogP contribution in [0, 0.1) is 5.82 Å². The first-order valence-corrected chi connectivity index (χ1v) is 10.7. The normalized spacial score (nSPS) is 13.7. The maximum atomic E-state index is 13.8. The number of rotatable bonds is 6. The predicted octanol–water partition coefficient (Wildman–Crippen LogP) is 5.07. The second-order valence-corrected chi connectivity index (χ2v) is 8.05. The van der Waals surface area contributed by atoms with Gasteiger partial charge < -0.3 is 16.8 Å². The van der Waals surface area contributed by atoms with E-state index in [-0.39, 0.29) is 28.7 Å². The molecule has 35 heavy (non-hydrogen) atoms. The fourth-order valence-electron chi connectivity index (χ4n) is 3.19. The van der Waals surface area contributed by atoms with Crippen LogP contribution in [0.4, 0.5) is 23.2 Å². The van der Waals surface area contributed by atoms with E-state index in [1.165, 1.54) is 18.2 Å². The molecule has 3 aromatic rings. The van der Waals surface area contributed by atoms with Crippen molar-refractivity contribution in [3.63, 3.8) is 0 Å². The zero-order chi connectivity index (χ0) is 25.6. The van der Waals surface area contributed by atoms with Gasteiger partial charge in [0.15, 0.2) is 0 Å². The topological polar surface area (TPSA) is 106 Å². The number of hydrogen-bond acceptors (Lipinski definition) is 4. The Morgan fingerprint density at radius 3 is 2.37 bits per heavy atom. The summed E-state index contributed by atoms with van der Waals surface area (Å²) in [5.41, 5.74) is 12.1. The van der Waals surface area contributed by atoms with Gasteiger partial charge in [0, 0.05) is 28.7 Å². The standard InChI is InChI=1S/C24H22ClF4N5O/c25-17-10-18(26)12-19(11-17)32-23(34-22(35)14-5-2-1-3-6-14)33-21(31)13-20(30)15-7-4-8-16(9-15)24(27,28)29/h1-12,20-21H,13,30-31H2,(H2,32,33,34,35). The number of benzene rings is 3. The van der Waals surface area contributed by atoms with E-state index in [0.29, 0.717) is 5.56 Å². The van der Waals surface area contributed by atoms with Crippen molar-refractivity contribution in [2.24, 2.45) is 16.5 Å². The third-order valence-electron chi connectivity index (χ3n) is 4.83. The highest BCUT2D eigenvalue weighted by Crippen LogP contribution is 2.31. The molecule has 2 unspecified atom stereocenters. The van der Waals surface area contributed by atoms with Crippen molar-refractivity contribution >= 4 is 29.2 Å². The smallest absolute Gasteiger partial charge is 0.326 e. The van der Waals surface area contributed by atoms with E-state index in [1.54, 1.807) is 30.3 Å². The van der Waals surface area contributed by atoms with Crippen LogP contribution in [0.1, 0.15) is 33.9 Å². The zero-order valence-electron chi connectivity index (χ0n) is 18.2. The molecule has 6 N–H and O–H groups in total. The molecule has 11 heteroatoms. The number of nitrogens with two attached hydrogens (primary N) is 2. The molecule has 0 spiro atoms. The number of carbonyl (C=O) groups excluding carboxylic acids is 1. The SMILES string of the molecule is NC(CC(N)c1cccc(C(F)(F)F)c1)N=C(NC(=O)c1ccccc1)Nc1cc(F)cc(Cl)c1. The zero-order valence-corrected chi connectivity index (χ0v) is 18.9. The maximum absolute atomic E-state index is 13.8. The van der Waals surface area contributed by atoms with Gasteiger partial charge in [-0.25, -0.2) is 9.38 Å². The minimum absolute atomic E-state index is 0.0440. The Labute approximate surface area is 204 Å². The van der Waals surface area contributed by atoms with Gasteiger partial charge in [-0.3, -0.25) is 10.1 Å². The molecule has 0 aromatic heterocycles. The third-order valence-corrected chi connectivity index (χ3v) is 5.04. The summed E-state index contributed by atoms with van der Waals surface area (Å²) in [7, 11) is 0. The molecule has 0 saturated carbocycles. The molecule has 1 amide bonds. The van der Waals surface area contributed by atoms with Crippen LogP contribution in [0.3, 0.4) is 0 Å². The monoisotopic (exact) mass is 507 g/mol. The lowest BCUT2D eigenvalue weighted by atomic mass is 10.0. The Hall–Kier alpha value is -3.47. The van der Waals surface area contributed by atoms with Gasteiger partial charge in [0.1, 0.15) is 12.0 Å². The number of halogens is 5. The summed E-state index contributed by atoms with van der Waals surface area (Å²) in [4.78, 5) is 16.8. The minimum atomic E-state index is -4.51. The van der Waals surface area contributed by atoms with E-state index >= 15 is 0 Å². The summed E-state index contributed by atoms with van der Waals surface area (Å²) in [6.45, 7) is 0. The fourth-order valence-corrected chi connectivity index (χ4v) is 3.41. The lowest BCUT2D eigenvalue weighted by Gasteiger charge is -2.18. The molecule has 0 saturated heterocycles. The lowest BCUT2D eigenvalue weighted by Crippen LogP contribution is -2.38. The van der Waals surface area contributed by atoms with Gasteiger partial charge in [0.05, 0.1) is 5.56 Å². The van der Waals surface area contributed by atoms with E-state index in [2.05, 4.69) is 15.6 Å². The molecular weight excluding hydrogens is 486 g/mol. The van der Waals surface area contributed by atoms with Crippen LogP contribution in [0.5, 0.6) is 0 Å². The molecule has 3 aromatic carbocycles. The largest absolute Gasteiger partial charge is 0.416 e. The molecule has 184 valence electrons. The van der Waals surface area contributed by atoms with Crippen LogP contribution in [0.25, 0.3) is 0 Å². The molecule has 0 heterocycles. The van der Waals surface area contributed by atoms with E-state index in [9.17, 15) is 22.4 Å². The van der Waals surface area contributed by atoms with E-state index < -0.39 is 35.7 Å². The minimum Gasteiger partial charge on any atom is -0.326 e. The number of nitrogens with one attached hydrogen (secondary N) is 2. The summed E-state index contributed by atoms with van der Waals surface area (Å²) in [5, 5.41) is 5.43. The molecule has 6 nitrogen and oxygen atoms in total. The Morgan fingerprint density at radius 2 is 1.71 bits per heavy atom. The molecule has 2 atom stereocenters. The van der Waals surface area contributed by atoms with Crippen LogP contribution in [0.15, 0.2) is 77.8 Å². The molecule has 0 aliphatic carbocycles. The molecular formula is C24H22ClF4N5O. The van der Waals surface area contributed by atoms with Crippen LogP contribution >= 0.6 is 11.6 Å². The van der Waals surface area contributed by atoms with Crippen molar-refractivity contribution in [2.45, 2.75) is 24.8 Å². The van der Waals surface area contributed by atoms with Crippen LogP contribution < -0.4 is 22.1 Å². The van der Waals surface area contributed by atoms with E-state index in [1.807, 2.05) is 0 Å². The van der Waals surface area contributed by atoms with Gasteiger partial charge in [-0.2, -0.15) is 13.2 Å². The number of nitrogens with zero attached hydrogens (tertiary/aromatic N) is 1. The highest BCUT2D eigenvalue weighted by Gasteiger charge is 2.30. The Kier molecular flexibility index (Phi) is 8.44. The molecule has 0 aliphatic heterocycles. The van der Waals surface area contributed by atoms with E-state index in [0.717, 1.165) is 24.3 Å². The first kappa shape index (κ1) is 26.1. The van der Waals surface area contributed by atoms with Crippen molar-refractivity contribution in [3.05, 3.63) is 100 Å². The average molecular weight is 508 g/mol. The van der Waals surface area contributed by atoms with Gasteiger partial charge in [-0.05, 0) is 48.0 Å². The Bertz CT molecular complexity index is 1180. The quantitative estimate of drug-likeness (QED) is 0.212. The van der Waals surface area contributed by atoms with Crippen molar-refractivity contribution in [1.82, 2.24) is 5.32 Å². The Balaban J connectivity index is 1.81. The molecule has 0 aliphatic rings. The third kappa shape index (κ3) is 7.78. The summed E-state index contributed by atoms with van der Waals surface area (Å²) < 4.78 is 52.8. The number of anilines is 1. The summed E-state index contributed by atoms with van der Waals surface area (Å²) >= 11 is 5.89. The van der Waals surface area contributed by atoms with Crippen LogP contribution in [0.2, 0.25) is 5.02 Å². The molecule has 0 fully saturated rings. The summed E-state index contributed by atoms with van der Waals surface area (Å²) in [5.74, 6) is -1.26. The molecule has 3 rings (SSSR count). The number of hydrogen-bond donors (Lipinski definition) is 4. The molecule has 0 bridgehead atoms. The first-order chi connectivity index (χ1) is 16.5. The first-order valence-electron chi connectivity index (χ1n) is 10.4. The highest BCUT2D eigenvalue weighted by molar-refractivity contribution is 6.31. The second kappa shape index (κ2) is 11.3. The van der Waals surface area contributed by atoms with Crippen LogP contribution in [-0.2, 0) is 6.18 Å².